The van der Waals surface area contributed by atoms with E-state index >= 15 is 0 Å². The number of nitrogens with zero attached hydrogens (tertiary/aromatic N) is 2. The molecule has 0 bridgehead atoms. The molecule has 104 valence electrons. The Kier molecular flexibility index (Phi) is 4.28. The van der Waals surface area contributed by atoms with E-state index in [0.29, 0.717) is 23.8 Å². The van der Waals surface area contributed by atoms with Crippen molar-refractivity contribution in [1.29, 1.82) is 0 Å². The van der Waals surface area contributed by atoms with Gasteiger partial charge in [-0.25, -0.2) is 0 Å². The molecule has 1 saturated heterocycles. The predicted molar refractivity (Wildman–Crippen MR) is 71.3 cm³/mol. The molecule has 2 aliphatic rings. The van der Waals surface area contributed by atoms with E-state index in [2.05, 4.69) is 18.9 Å². The zero-order valence-corrected chi connectivity index (χ0v) is 11.7. The summed E-state index contributed by atoms with van der Waals surface area (Å²) in [5, 5.41) is 9.05. The van der Waals surface area contributed by atoms with Crippen LogP contribution in [0.1, 0.15) is 39.0 Å². The van der Waals surface area contributed by atoms with Gasteiger partial charge in [0.25, 0.3) is 0 Å². The van der Waals surface area contributed by atoms with Crippen LogP contribution in [0.5, 0.6) is 0 Å². The lowest BCUT2D eigenvalue weighted by Crippen LogP contribution is -2.53. The van der Waals surface area contributed by atoms with Crippen molar-refractivity contribution in [3.05, 3.63) is 0 Å². The molecule has 2 fully saturated rings. The fourth-order valence-corrected chi connectivity index (χ4v) is 2.66. The van der Waals surface area contributed by atoms with Gasteiger partial charge in [-0.15, -0.1) is 0 Å². The molecule has 0 spiro atoms. The maximum atomic E-state index is 12.2. The summed E-state index contributed by atoms with van der Waals surface area (Å²) in [6, 6.07) is 0.323. The second-order valence-electron chi connectivity index (χ2n) is 6.30. The van der Waals surface area contributed by atoms with E-state index in [1.807, 2.05) is 4.90 Å². The van der Waals surface area contributed by atoms with E-state index in [1.54, 1.807) is 0 Å². The summed E-state index contributed by atoms with van der Waals surface area (Å²) in [5.74, 6) is 0.305. The maximum absolute atomic E-state index is 12.2. The van der Waals surface area contributed by atoms with Gasteiger partial charge in [-0.2, -0.15) is 0 Å². The Bertz CT molecular complexity index is 302. The summed E-state index contributed by atoms with van der Waals surface area (Å²) in [6.07, 6.45) is 5.08. The standard InChI is InChI=1S/C14H26N2O2/c1-14(6-7-14)5-3-13(18)16-9-8-15(2)12(11-16)4-10-17/h12,17H,3-11H2,1-2H3. The van der Waals surface area contributed by atoms with Crippen molar-refractivity contribution < 1.29 is 9.90 Å². The number of carbonyl (C=O) groups is 1. The molecular formula is C14H26N2O2. The van der Waals surface area contributed by atoms with Crippen molar-refractivity contribution >= 4 is 5.91 Å². The molecule has 1 heterocycles. The molecule has 2 rings (SSSR count). The largest absolute Gasteiger partial charge is 0.396 e. The number of carbonyl (C=O) groups excluding carboxylic acids is 1. The highest BCUT2D eigenvalue weighted by molar-refractivity contribution is 5.76. The third-order valence-electron chi connectivity index (χ3n) is 4.64. The van der Waals surface area contributed by atoms with Gasteiger partial charge >= 0.3 is 0 Å². The second kappa shape index (κ2) is 5.57. The predicted octanol–water partition coefficient (Wildman–Crippen LogP) is 1.09. The monoisotopic (exact) mass is 254 g/mol. The van der Waals surface area contributed by atoms with Crippen LogP contribution in [0, 0.1) is 5.41 Å². The summed E-state index contributed by atoms with van der Waals surface area (Å²) in [7, 11) is 2.08. The van der Waals surface area contributed by atoms with Crippen molar-refractivity contribution in [2.24, 2.45) is 5.41 Å². The zero-order chi connectivity index (χ0) is 13.2. The highest BCUT2D eigenvalue weighted by Gasteiger charge is 2.37. The van der Waals surface area contributed by atoms with Crippen molar-refractivity contribution in [2.45, 2.75) is 45.1 Å². The highest BCUT2D eigenvalue weighted by Crippen LogP contribution is 2.48. The number of rotatable bonds is 5. The molecule has 0 aromatic rings. The average molecular weight is 254 g/mol. The molecule has 1 atom stereocenters. The molecule has 1 aliphatic heterocycles. The number of piperazine rings is 1. The molecule has 1 unspecified atom stereocenters. The van der Waals surface area contributed by atoms with E-state index in [4.69, 9.17) is 5.11 Å². The normalized spacial score (nSPS) is 27.3. The molecule has 1 amide bonds. The average Bonchev–Trinajstić information content (AvgIpc) is 3.08. The van der Waals surface area contributed by atoms with Crippen molar-refractivity contribution in [2.75, 3.05) is 33.3 Å². The molecule has 4 heteroatoms. The Labute approximate surface area is 110 Å². The zero-order valence-electron chi connectivity index (χ0n) is 11.7. The molecule has 0 radical (unpaired) electrons. The Morgan fingerprint density at radius 3 is 2.72 bits per heavy atom. The first-order valence-electron chi connectivity index (χ1n) is 7.13. The first-order chi connectivity index (χ1) is 8.54. The maximum Gasteiger partial charge on any atom is 0.222 e. The number of hydrogen-bond donors (Lipinski definition) is 1. The summed E-state index contributed by atoms with van der Waals surface area (Å²) in [5.41, 5.74) is 0.465. The lowest BCUT2D eigenvalue weighted by Gasteiger charge is -2.39. The van der Waals surface area contributed by atoms with Crippen LogP contribution < -0.4 is 0 Å². The van der Waals surface area contributed by atoms with Gasteiger partial charge in [-0.3, -0.25) is 9.69 Å². The number of hydrogen-bond acceptors (Lipinski definition) is 3. The second-order valence-corrected chi connectivity index (χ2v) is 6.30. The van der Waals surface area contributed by atoms with Gasteiger partial charge in [0.15, 0.2) is 0 Å². The highest BCUT2D eigenvalue weighted by atomic mass is 16.3. The van der Waals surface area contributed by atoms with E-state index in [0.717, 1.165) is 32.5 Å². The molecule has 1 saturated carbocycles. The van der Waals surface area contributed by atoms with Gasteiger partial charge < -0.3 is 10.0 Å². The van der Waals surface area contributed by atoms with Crippen LogP contribution in [0.3, 0.4) is 0 Å². The third kappa shape index (κ3) is 3.45. The van der Waals surface area contributed by atoms with Gasteiger partial charge in [0.05, 0.1) is 0 Å². The molecule has 1 N–H and O–H groups in total. The topological polar surface area (TPSA) is 43.8 Å². The van der Waals surface area contributed by atoms with Crippen LogP contribution in [0.25, 0.3) is 0 Å². The summed E-state index contributed by atoms with van der Waals surface area (Å²) >= 11 is 0. The van der Waals surface area contributed by atoms with Crippen LogP contribution in [0.15, 0.2) is 0 Å². The van der Waals surface area contributed by atoms with Gasteiger partial charge in [0.1, 0.15) is 0 Å². The lowest BCUT2D eigenvalue weighted by molar-refractivity contribution is -0.134. The van der Waals surface area contributed by atoms with Gasteiger partial charge in [0.2, 0.25) is 5.91 Å². The minimum atomic E-state index is 0.203. The number of likely N-dealkylation sites (N-methyl/N-ethyl adjacent to an activating group) is 1. The molecule has 1 aliphatic carbocycles. The van der Waals surface area contributed by atoms with Gasteiger partial charge in [-0.05, 0) is 38.1 Å². The van der Waals surface area contributed by atoms with Crippen LogP contribution in [0.4, 0.5) is 0 Å². The van der Waals surface area contributed by atoms with Crippen molar-refractivity contribution in [1.82, 2.24) is 9.80 Å². The number of amides is 1. The van der Waals surface area contributed by atoms with Crippen LogP contribution >= 0.6 is 0 Å². The molecule has 0 aromatic heterocycles. The third-order valence-corrected chi connectivity index (χ3v) is 4.64. The summed E-state index contributed by atoms with van der Waals surface area (Å²) in [4.78, 5) is 16.4. The Morgan fingerprint density at radius 2 is 2.11 bits per heavy atom. The van der Waals surface area contributed by atoms with Crippen LogP contribution in [-0.4, -0.2) is 60.1 Å². The molecular weight excluding hydrogens is 228 g/mol. The fourth-order valence-electron chi connectivity index (χ4n) is 2.66. The minimum Gasteiger partial charge on any atom is -0.396 e. The van der Waals surface area contributed by atoms with Gasteiger partial charge in [-0.1, -0.05) is 6.92 Å². The Balaban J connectivity index is 1.78. The molecule has 18 heavy (non-hydrogen) atoms. The molecule has 4 nitrogen and oxygen atoms in total. The smallest absolute Gasteiger partial charge is 0.222 e. The van der Waals surface area contributed by atoms with E-state index in [9.17, 15) is 4.79 Å². The fraction of sp³-hybridized carbons (Fsp3) is 0.929. The quantitative estimate of drug-likeness (QED) is 0.799. The molecule has 0 aromatic carbocycles. The first-order valence-corrected chi connectivity index (χ1v) is 7.13. The Morgan fingerprint density at radius 1 is 1.39 bits per heavy atom. The van der Waals surface area contributed by atoms with Crippen LogP contribution in [0.2, 0.25) is 0 Å². The first kappa shape index (κ1) is 13.8. The summed E-state index contributed by atoms with van der Waals surface area (Å²) < 4.78 is 0. The Hall–Kier alpha value is -0.610. The lowest BCUT2D eigenvalue weighted by atomic mass is 10.0. The summed E-state index contributed by atoms with van der Waals surface area (Å²) in [6.45, 7) is 5.03. The van der Waals surface area contributed by atoms with Gasteiger partial charge in [0, 0.05) is 38.7 Å². The van der Waals surface area contributed by atoms with Crippen LogP contribution in [-0.2, 0) is 4.79 Å². The van der Waals surface area contributed by atoms with E-state index < -0.39 is 0 Å². The van der Waals surface area contributed by atoms with Crippen molar-refractivity contribution in [3.8, 4) is 0 Å². The van der Waals surface area contributed by atoms with Crippen molar-refractivity contribution in [3.63, 3.8) is 0 Å². The van der Waals surface area contributed by atoms with E-state index in [-0.39, 0.29) is 6.61 Å². The number of aliphatic hydroxyl groups excluding tert-OH is 1. The van der Waals surface area contributed by atoms with E-state index in [1.165, 1.54) is 12.8 Å². The number of aliphatic hydroxyl groups is 1. The SMILES string of the molecule is CN1CCN(C(=O)CCC2(C)CC2)CC1CCO. The minimum absolute atomic E-state index is 0.203.